The van der Waals surface area contributed by atoms with Gasteiger partial charge in [0, 0.05) is 11.4 Å². The van der Waals surface area contributed by atoms with E-state index in [1.165, 1.54) is 12.1 Å². The SMILES string of the molecule is Nc1cccc(C(=O)O)c1CCCCc1c(N)cccc1C(=O)O. The molecule has 0 unspecified atom stereocenters. The van der Waals surface area contributed by atoms with Crippen LogP contribution in [0.5, 0.6) is 0 Å². The summed E-state index contributed by atoms with van der Waals surface area (Å²) in [5.74, 6) is -2.00. The topological polar surface area (TPSA) is 127 Å². The lowest BCUT2D eigenvalue weighted by atomic mass is 9.96. The number of nitrogen functional groups attached to an aromatic ring is 2. The number of benzene rings is 2. The minimum absolute atomic E-state index is 0.209. The Morgan fingerprint density at radius 2 is 1.12 bits per heavy atom. The highest BCUT2D eigenvalue weighted by atomic mass is 16.4. The average molecular weight is 328 g/mol. The van der Waals surface area contributed by atoms with E-state index in [9.17, 15) is 19.8 Å². The van der Waals surface area contributed by atoms with Crippen LogP contribution in [0.3, 0.4) is 0 Å². The number of aromatic carboxylic acids is 2. The number of unbranched alkanes of at least 4 members (excludes halogenated alkanes) is 1. The number of carboxylic acids is 2. The van der Waals surface area contributed by atoms with Gasteiger partial charge < -0.3 is 21.7 Å². The molecule has 0 spiro atoms. The third-order valence-corrected chi connectivity index (χ3v) is 3.99. The van der Waals surface area contributed by atoms with Crippen LogP contribution in [0.2, 0.25) is 0 Å². The molecule has 0 saturated heterocycles. The molecule has 0 bridgehead atoms. The molecule has 0 radical (unpaired) electrons. The van der Waals surface area contributed by atoms with Crippen LogP contribution in [-0.2, 0) is 12.8 Å². The van der Waals surface area contributed by atoms with Gasteiger partial charge in [-0.2, -0.15) is 0 Å². The van der Waals surface area contributed by atoms with E-state index < -0.39 is 11.9 Å². The second-order valence-corrected chi connectivity index (χ2v) is 5.56. The number of carbonyl (C=O) groups is 2. The summed E-state index contributed by atoms with van der Waals surface area (Å²) in [5, 5.41) is 18.4. The summed E-state index contributed by atoms with van der Waals surface area (Å²) in [5.41, 5.74) is 14.3. The lowest BCUT2D eigenvalue weighted by Crippen LogP contribution is -2.07. The fraction of sp³-hybridized carbons (Fsp3) is 0.222. The van der Waals surface area contributed by atoms with Crippen molar-refractivity contribution in [2.24, 2.45) is 0 Å². The number of rotatable bonds is 7. The van der Waals surface area contributed by atoms with Crippen molar-refractivity contribution in [3.05, 3.63) is 58.7 Å². The molecular weight excluding hydrogens is 308 g/mol. The lowest BCUT2D eigenvalue weighted by Gasteiger charge is -2.11. The summed E-state index contributed by atoms with van der Waals surface area (Å²) in [4.78, 5) is 22.5. The predicted octanol–water partition coefficient (Wildman–Crippen LogP) is 2.81. The van der Waals surface area contributed by atoms with E-state index in [4.69, 9.17) is 11.5 Å². The molecule has 24 heavy (non-hydrogen) atoms. The molecule has 126 valence electrons. The van der Waals surface area contributed by atoms with E-state index in [-0.39, 0.29) is 11.1 Å². The number of hydrogen-bond donors (Lipinski definition) is 4. The van der Waals surface area contributed by atoms with Crippen molar-refractivity contribution < 1.29 is 19.8 Å². The quantitative estimate of drug-likeness (QED) is 0.457. The van der Waals surface area contributed by atoms with Gasteiger partial charge in [0.1, 0.15) is 0 Å². The standard InChI is InChI=1S/C18H20N2O4/c19-15-9-3-7-13(17(21)22)11(15)5-1-2-6-12-14(18(23)24)8-4-10-16(12)20/h3-4,7-10H,1-2,5-6,19-20H2,(H,21,22)(H,23,24). The highest BCUT2D eigenvalue weighted by Crippen LogP contribution is 2.23. The van der Waals surface area contributed by atoms with Crippen molar-refractivity contribution in [2.75, 3.05) is 11.5 Å². The van der Waals surface area contributed by atoms with Crippen LogP contribution in [0.25, 0.3) is 0 Å². The Balaban J connectivity index is 2.05. The Morgan fingerprint density at radius 1 is 0.750 bits per heavy atom. The highest BCUT2D eigenvalue weighted by molar-refractivity contribution is 5.91. The molecule has 0 aromatic heterocycles. The Kier molecular flexibility index (Phi) is 5.42. The maximum Gasteiger partial charge on any atom is 0.336 e. The Hall–Kier alpha value is -3.02. The third kappa shape index (κ3) is 3.84. The van der Waals surface area contributed by atoms with Gasteiger partial charge in [0.25, 0.3) is 0 Å². The fourth-order valence-corrected chi connectivity index (χ4v) is 2.77. The maximum atomic E-state index is 11.3. The van der Waals surface area contributed by atoms with Gasteiger partial charge in [-0.25, -0.2) is 9.59 Å². The molecule has 0 aliphatic heterocycles. The van der Waals surface area contributed by atoms with E-state index in [0.717, 1.165) is 0 Å². The van der Waals surface area contributed by atoms with Crippen LogP contribution in [0, 0.1) is 0 Å². The largest absolute Gasteiger partial charge is 0.478 e. The summed E-state index contributed by atoms with van der Waals surface area (Å²) in [6.07, 6.45) is 2.40. The van der Waals surface area contributed by atoms with Crippen molar-refractivity contribution in [1.29, 1.82) is 0 Å². The number of nitrogens with two attached hydrogens (primary N) is 2. The first-order valence-corrected chi connectivity index (χ1v) is 7.63. The molecule has 0 atom stereocenters. The van der Waals surface area contributed by atoms with Gasteiger partial charge in [-0.15, -0.1) is 0 Å². The molecule has 0 fully saturated rings. The minimum atomic E-state index is -1.00. The summed E-state index contributed by atoms with van der Waals surface area (Å²) in [7, 11) is 0. The second-order valence-electron chi connectivity index (χ2n) is 5.56. The normalized spacial score (nSPS) is 10.5. The molecule has 0 aliphatic rings. The minimum Gasteiger partial charge on any atom is -0.478 e. The average Bonchev–Trinajstić information content (AvgIpc) is 2.53. The summed E-state index contributed by atoms with van der Waals surface area (Å²) in [6, 6.07) is 9.66. The monoisotopic (exact) mass is 328 g/mol. The molecular formula is C18H20N2O4. The first kappa shape index (κ1) is 17.3. The maximum absolute atomic E-state index is 11.3. The van der Waals surface area contributed by atoms with Gasteiger partial charge >= 0.3 is 11.9 Å². The zero-order valence-corrected chi connectivity index (χ0v) is 13.2. The molecule has 0 saturated carbocycles. The van der Waals surface area contributed by atoms with Gasteiger partial charge in [0.15, 0.2) is 0 Å². The van der Waals surface area contributed by atoms with Gasteiger partial charge in [0.05, 0.1) is 11.1 Å². The summed E-state index contributed by atoms with van der Waals surface area (Å²) < 4.78 is 0. The number of anilines is 2. The zero-order valence-electron chi connectivity index (χ0n) is 13.2. The first-order chi connectivity index (χ1) is 11.4. The van der Waals surface area contributed by atoms with Crippen LogP contribution in [0.15, 0.2) is 36.4 Å². The zero-order chi connectivity index (χ0) is 17.7. The summed E-state index contributed by atoms with van der Waals surface area (Å²) in [6.45, 7) is 0. The van der Waals surface area contributed by atoms with Crippen LogP contribution >= 0.6 is 0 Å². The van der Waals surface area contributed by atoms with Crippen molar-refractivity contribution in [3.63, 3.8) is 0 Å². The van der Waals surface area contributed by atoms with E-state index >= 15 is 0 Å². The van der Waals surface area contributed by atoms with Crippen LogP contribution < -0.4 is 11.5 Å². The van der Waals surface area contributed by atoms with Crippen LogP contribution in [0.1, 0.15) is 44.7 Å². The van der Waals surface area contributed by atoms with Gasteiger partial charge in [-0.3, -0.25) is 0 Å². The Labute approximate surface area is 139 Å². The number of hydrogen-bond acceptors (Lipinski definition) is 4. The van der Waals surface area contributed by atoms with E-state index in [1.807, 2.05) is 0 Å². The van der Waals surface area contributed by atoms with Crippen LogP contribution in [0.4, 0.5) is 11.4 Å². The lowest BCUT2D eigenvalue weighted by molar-refractivity contribution is 0.0684. The van der Waals surface area contributed by atoms with E-state index in [0.29, 0.717) is 48.2 Å². The van der Waals surface area contributed by atoms with E-state index in [1.54, 1.807) is 24.3 Å². The first-order valence-electron chi connectivity index (χ1n) is 7.63. The second kappa shape index (κ2) is 7.50. The van der Waals surface area contributed by atoms with Gasteiger partial charge in [0.2, 0.25) is 0 Å². The molecule has 2 aromatic rings. The predicted molar refractivity (Wildman–Crippen MR) is 92.3 cm³/mol. The molecule has 2 aromatic carbocycles. The summed E-state index contributed by atoms with van der Waals surface area (Å²) >= 11 is 0. The molecule has 6 nitrogen and oxygen atoms in total. The van der Waals surface area contributed by atoms with Crippen molar-refractivity contribution in [1.82, 2.24) is 0 Å². The molecule has 6 N–H and O–H groups in total. The van der Waals surface area contributed by atoms with E-state index in [2.05, 4.69) is 0 Å². The smallest absolute Gasteiger partial charge is 0.336 e. The molecule has 0 heterocycles. The van der Waals surface area contributed by atoms with Crippen LogP contribution in [-0.4, -0.2) is 22.2 Å². The Morgan fingerprint density at radius 3 is 1.46 bits per heavy atom. The van der Waals surface area contributed by atoms with Gasteiger partial charge in [-0.05, 0) is 61.1 Å². The third-order valence-electron chi connectivity index (χ3n) is 3.99. The molecule has 0 amide bonds. The molecule has 6 heteroatoms. The number of carboxylic acid groups (broad SMARTS) is 2. The Bertz CT molecular complexity index is 706. The van der Waals surface area contributed by atoms with Crippen molar-refractivity contribution in [2.45, 2.75) is 25.7 Å². The highest BCUT2D eigenvalue weighted by Gasteiger charge is 2.14. The molecule has 2 rings (SSSR count). The van der Waals surface area contributed by atoms with Crippen molar-refractivity contribution in [3.8, 4) is 0 Å². The molecule has 0 aliphatic carbocycles. The fourth-order valence-electron chi connectivity index (χ4n) is 2.77. The van der Waals surface area contributed by atoms with Crippen molar-refractivity contribution >= 4 is 23.3 Å². The van der Waals surface area contributed by atoms with Gasteiger partial charge in [-0.1, -0.05) is 12.1 Å².